The van der Waals surface area contributed by atoms with Crippen molar-refractivity contribution in [2.24, 2.45) is 23.7 Å². The van der Waals surface area contributed by atoms with Gasteiger partial charge in [0.2, 0.25) is 0 Å². The number of carbonyl (C=O) groups is 2. The summed E-state index contributed by atoms with van der Waals surface area (Å²) >= 11 is 0. The fourth-order valence-electron chi connectivity index (χ4n) is 8.83. The third-order valence-electron chi connectivity index (χ3n) is 12.1. The van der Waals surface area contributed by atoms with Crippen LogP contribution in [0.25, 0.3) is 0 Å². The number of hydrogen-bond acceptors (Lipinski definition) is 11. The van der Waals surface area contributed by atoms with E-state index in [2.05, 4.69) is 15.9 Å². The molecule has 0 unspecified atom stereocenters. The van der Waals surface area contributed by atoms with Crippen LogP contribution in [-0.2, 0) is 23.8 Å². The van der Waals surface area contributed by atoms with E-state index in [0.717, 1.165) is 70.5 Å². The van der Waals surface area contributed by atoms with Crippen molar-refractivity contribution in [2.45, 2.75) is 148 Å². The van der Waals surface area contributed by atoms with E-state index in [4.69, 9.17) is 14.2 Å². The van der Waals surface area contributed by atoms with Crippen molar-refractivity contribution in [3.05, 3.63) is 23.8 Å². The highest BCUT2D eigenvalue weighted by Crippen LogP contribution is 2.35. The standard InChI is InChI=1S/C41H71N3O8/c1-8-35-32(26-44-20-13-10-14-21-44)23-27(2)15-16-33(45)28(3)24-31(17-22-43-18-11-9-12-19-43)40(29(4)34(46)25-36(47)51-35)52-41-39(49)37(42(6)7)38(48)30(5)50-41/h15-16,23,28-32,34-35,37-41,46,48-49H,8-14,17-22,24-26H2,1-7H3/b16-15+,27-23+/t28-,29+,30+,31+,32-,34-,35-,37+,38-,39+,40-,41-/m0/s1. The molecule has 0 aliphatic carbocycles. The molecule has 11 heteroatoms. The summed E-state index contributed by atoms with van der Waals surface area (Å²) in [7, 11) is 3.60. The van der Waals surface area contributed by atoms with Crippen LogP contribution in [0.5, 0.6) is 0 Å². The Hall–Kier alpha value is -1.70. The van der Waals surface area contributed by atoms with E-state index in [1.807, 2.05) is 33.8 Å². The molecule has 0 aromatic carbocycles. The highest BCUT2D eigenvalue weighted by molar-refractivity contribution is 5.91. The molecule has 0 saturated carbocycles. The number of aliphatic hydroxyl groups excluding tert-OH is 3. The van der Waals surface area contributed by atoms with Gasteiger partial charge >= 0.3 is 5.97 Å². The Kier molecular flexibility index (Phi) is 17.2. The maximum atomic E-state index is 13.8. The van der Waals surface area contributed by atoms with E-state index in [1.54, 1.807) is 32.0 Å². The monoisotopic (exact) mass is 734 g/mol. The minimum atomic E-state index is -1.17. The molecule has 4 rings (SSSR count). The van der Waals surface area contributed by atoms with Crippen molar-refractivity contribution in [1.82, 2.24) is 14.7 Å². The number of likely N-dealkylation sites (N-methyl/N-ethyl adjacent to an activating group) is 1. The van der Waals surface area contributed by atoms with Gasteiger partial charge < -0.3 is 44.2 Å². The molecule has 0 bridgehead atoms. The molecule has 4 heterocycles. The molecule has 3 fully saturated rings. The molecule has 12 atom stereocenters. The second-order valence-corrected chi connectivity index (χ2v) is 16.6. The van der Waals surface area contributed by atoms with Crippen molar-refractivity contribution in [2.75, 3.05) is 53.4 Å². The molecule has 0 spiro atoms. The second kappa shape index (κ2) is 20.8. The van der Waals surface area contributed by atoms with Gasteiger partial charge in [-0.05, 0) is 118 Å². The summed E-state index contributed by atoms with van der Waals surface area (Å²) in [6, 6.07) is -0.632. The third kappa shape index (κ3) is 12.2. The molecule has 0 aromatic rings. The molecule has 3 N–H and O–H groups in total. The molecule has 4 aliphatic rings. The van der Waals surface area contributed by atoms with Crippen molar-refractivity contribution >= 4 is 11.8 Å². The highest BCUT2D eigenvalue weighted by Gasteiger charge is 2.47. The van der Waals surface area contributed by atoms with E-state index in [9.17, 15) is 24.9 Å². The van der Waals surface area contributed by atoms with Gasteiger partial charge in [-0.3, -0.25) is 9.59 Å². The van der Waals surface area contributed by atoms with Crippen molar-refractivity contribution < 1.29 is 39.1 Å². The van der Waals surface area contributed by atoms with E-state index < -0.39 is 54.7 Å². The quantitative estimate of drug-likeness (QED) is 0.295. The Morgan fingerprint density at radius 3 is 2.15 bits per heavy atom. The number of piperidine rings is 2. The van der Waals surface area contributed by atoms with Gasteiger partial charge in [0.25, 0.3) is 0 Å². The van der Waals surface area contributed by atoms with Gasteiger partial charge in [0.1, 0.15) is 12.2 Å². The Morgan fingerprint density at radius 2 is 1.54 bits per heavy atom. The molecule has 11 nitrogen and oxygen atoms in total. The molecule has 0 aromatic heterocycles. The van der Waals surface area contributed by atoms with Crippen LogP contribution in [0.1, 0.15) is 98.8 Å². The minimum Gasteiger partial charge on any atom is -0.462 e. The molecule has 0 radical (unpaired) electrons. The number of allylic oxidation sites excluding steroid dienone is 3. The first-order chi connectivity index (χ1) is 24.8. The number of rotatable bonds is 9. The first kappa shape index (κ1) is 43.0. The summed E-state index contributed by atoms with van der Waals surface area (Å²) < 4.78 is 19.1. The van der Waals surface area contributed by atoms with Crippen LogP contribution in [0.3, 0.4) is 0 Å². The van der Waals surface area contributed by atoms with Gasteiger partial charge in [0.15, 0.2) is 12.1 Å². The van der Waals surface area contributed by atoms with Crippen LogP contribution in [0.15, 0.2) is 23.8 Å². The number of esters is 1. The topological polar surface area (TPSA) is 132 Å². The summed E-state index contributed by atoms with van der Waals surface area (Å²) in [6.45, 7) is 15.3. The van der Waals surface area contributed by atoms with Crippen LogP contribution in [0, 0.1) is 23.7 Å². The maximum Gasteiger partial charge on any atom is 0.308 e. The predicted octanol–water partition coefficient (Wildman–Crippen LogP) is 4.18. The van der Waals surface area contributed by atoms with Crippen LogP contribution in [-0.4, -0.2) is 144 Å². The lowest BCUT2D eigenvalue weighted by atomic mass is 9.79. The van der Waals surface area contributed by atoms with Gasteiger partial charge in [0.05, 0.1) is 36.9 Å². The van der Waals surface area contributed by atoms with E-state index in [-0.39, 0.29) is 36.1 Å². The zero-order valence-corrected chi connectivity index (χ0v) is 33.2. The van der Waals surface area contributed by atoms with Crippen molar-refractivity contribution in [3.63, 3.8) is 0 Å². The Labute approximate surface area is 313 Å². The summed E-state index contributed by atoms with van der Waals surface area (Å²) in [5.41, 5.74) is 0.954. The SMILES string of the molecule is CC[C@@H]1OC(=O)C[C@H](O)[C@@H](C)[C@H](O[C@@H]2O[C@H](C)[C@H](O)[C@@H](N(C)C)[C@H]2O)[C@H](CCN2CCCCC2)C[C@H](C)C(=O)/C=C/C(C)=C/[C@H]1CN1CCCCC1. The largest absolute Gasteiger partial charge is 0.462 e. The molecule has 3 saturated heterocycles. The summed E-state index contributed by atoms with van der Waals surface area (Å²) in [4.78, 5) is 34.1. The number of carbonyl (C=O) groups excluding carboxylic acids is 2. The number of aliphatic hydroxyl groups is 3. The lowest BCUT2D eigenvalue weighted by Gasteiger charge is -2.47. The molecular weight excluding hydrogens is 662 g/mol. The van der Waals surface area contributed by atoms with E-state index in [0.29, 0.717) is 19.3 Å². The average molecular weight is 734 g/mol. The van der Waals surface area contributed by atoms with Gasteiger partial charge in [-0.2, -0.15) is 0 Å². The number of cyclic esters (lactones) is 1. The molecule has 0 amide bonds. The minimum absolute atomic E-state index is 0.0270. The summed E-state index contributed by atoms with van der Waals surface area (Å²) in [5, 5.41) is 34.2. The lowest BCUT2D eigenvalue weighted by molar-refractivity contribution is -0.304. The fraction of sp³-hybridized carbons (Fsp3) is 0.854. The number of ether oxygens (including phenoxy) is 3. The number of nitrogens with zero attached hydrogens (tertiary/aromatic N) is 3. The summed E-state index contributed by atoms with van der Waals surface area (Å²) in [6.07, 6.45) is 8.49. The number of hydrogen-bond donors (Lipinski definition) is 3. The van der Waals surface area contributed by atoms with Gasteiger partial charge in [-0.1, -0.05) is 51.3 Å². The molecule has 52 heavy (non-hydrogen) atoms. The normalized spacial score (nSPS) is 40.2. The van der Waals surface area contributed by atoms with Crippen LogP contribution in [0.2, 0.25) is 0 Å². The van der Waals surface area contributed by atoms with Gasteiger partial charge in [0, 0.05) is 24.3 Å². The smallest absolute Gasteiger partial charge is 0.308 e. The molecule has 298 valence electrons. The summed E-state index contributed by atoms with van der Waals surface area (Å²) in [5.74, 6) is -1.58. The van der Waals surface area contributed by atoms with Crippen molar-refractivity contribution in [1.29, 1.82) is 0 Å². The predicted molar refractivity (Wildman–Crippen MR) is 203 cm³/mol. The number of likely N-dealkylation sites (tertiary alicyclic amines) is 2. The van der Waals surface area contributed by atoms with Crippen molar-refractivity contribution in [3.8, 4) is 0 Å². The first-order valence-electron chi connectivity index (χ1n) is 20.3. The Bertz CT molecular complexity index is 1170. The lowest BCUT2D eigenvalue weighted by Crippen LogP contribution is -2.63. The highest BCUT2D eigenvalue weighted by atomic mass is 16.7. The second-order valence-electron chi connectivity index (χ2n) is 16.6. The number of ketones is 1. The van der Waals surface area contributed by atoms with Gasteiger partial charge in [-0.25, -0.2) is 0 Å². The van der Waals surface area contributed by atoms with Crippen LogP contribution in [0.4, 0.5) is 0 Å². The zero-order valence-electron chi connectivity index (χ0n) is 33.2. The fourth-order valence-corrected chi connectivity index (χ4v) is 8.83. The first-order valence-corrected chi connectivity index (χ1v) is 20.3. The van der Waals surface area contributed by atoms with Gasteiger partial charge in [-0.15, -0.1) is 0 Å². The van der Waals surface area contributed by atoms with Crippen LogP contribution < -0.4 is 0 Å². The molecule has 4 aliphatic heterocycles. The molecular formula is C41H71N3O8. The average Bonchev–Trinajstić information content (AvgIpc) is 3.12. The maximum absolute atomic E-state index is 13.8. The third-order valence-corrected chi connectivity index (χ3v) is 12.1. The Balaban J connectivity index is 1.68. The van der Waals surface area contributed by atoms with Crippen LogP contribution >= 0.6 is 0 Å². The Morgan fingerprint density at radius 1 is 0.904 bits per heavy atom. The zero-order chi connectivity index (χ0) is 37.9. The van der Waals surface area contributed by atoms with E-state index >= 15 is 0 Å². The van der Waals surface area contributed by atoms with E-state index in [1.165, 1.54) is 12.8 Å².